The molecular weight excluding hydrogens is 226 g/mol. The van der Waals surface area contributed by atoms with Crippen molar-refractivity contribution in [2.24, 2.45) is 0 Å². The molecule has 2 N–H and O–H groups in total. The van der Waals surface area contributed by atoms with Crippen LogP contribution in [0.2, 0.25) is 0 Å². The van der Waals surface area contributed by atoms with Gasteiger partial charge in [0.05, 0.1) is 6.61 Å². The molecule has 0 amide bonds. The van der Waals surface area contributed by atoms with E-state index in [1.54, 1.807) is 6.07 Å². The first-order valence-corrected chi connectivity index (χ1v) is 5.25. The lowest BCUT2D eigenvalue weighted by molar-refractivity contribution is -0.140. The van der Waals surface area contributed by atoms with Crippen LogP contribution < -0.4 is 10.3 Å². The van der Waals surface area contributed by atoms with Crippen molar-refractivity contribution in [3.05, 3.63) is 28.7 Å². The second-order valence-electron chi connectivity index (χ2n) is 3.52. The fraction of sp³-hybridized carbons (Fsp3) is 0.455. The standard InChI is InChI=1S/C11H15NO5/c1-8(11(15)16)12-5-2-4-9(10(12)14)17-7-3-6-13/h2,4-5,8,13H,3,6-7H2,1H3,(H,15,16). The molecule has 0 bridgehead atoms. The van der Waals surface area contributed by atoms with Gasteiger partial charge in [-0.2, -0.15) is 0 Å². The van der Waals surface area contributed by atoms with Crippen molar-refractivity contribution in [2.45, 2.75) is 19.4 Å². The van der Waals surface area contributed by atoms with E-state index in [0.29, 0.717) is 6.42 Å². The normalized spacial score (nSPS) is 12.1. The van der Waals surface area contributed by atoms with Crippen molar-refractivity contribution in [3.63, 3.8) is 0 Å². The number of nitrogens with zero attached hydrogens (tertiary/aromatic N) is 1. The van der Waals surface area contributed by atoms with Crippen LogP contribution in [0, 0.1) is 0 Å². The molecule has 6 nitrogen and oxygen atoms in total. The van der Waals surface area contributed by atoms with Crippen LogP contribution in [0.1, 0.15) is 19.4 Å². The van der Waals surface area contributed by atoms with Gasteiger partial charge in [-0.3, -0.25) is 9.36 Å². The highest BCUT2D eigenvalue weighted by molar-refractivity contribution is 5.71. The van der Waals surface area contributed by atoms with Crippen LogP contribution in [0.3, 0.4) is 0 Å². The number of aliphatic hydroxyl groups is 1. The summed E-state index contributed by atoms with van der Waals surface area (Å²) in [6, 6.07) is 2.09. The number of hydrogen-bond acceptors (Lipinski definition) is 4. The Bertz CT molecular complexity index is 440. The highest BCUT2D eigenvalue weighted by atomic mass is 16.5. The van der Waals surface area contributed by atoms with E-state index in [2.05, 4.69) is 0 Å². The summed E-state index contributed by atoms with van der Waals surface area (Å²) in [5.74, 6) is -0.992. The molecule has 94 valence electrons. The van der Waals surface area contributed by atoms with Crippen molar-refractivity contribution in [1.29, 1.82) is 0 Å². The van der Waals surface area contributed by atoms with Gasteiger partial charge in [0.2, 0.25) is 0 Å². The average Bonchev–Trinajstić information content (AvgIpc) is 2.30. The molecule has 0 fully saturated rings. The molecule has 1 aromatic heterocycles. The number of aliphatic carboxylic acids is 1. The molecular formula is C11H15NO5. The Labute approximate surface area is 98.1 Å². The maximum Gasteiger partial charge on any atom is 0.326 e. The Balaban J connectivity index is 2.91. The van der Waals surface area contributed by atoms with Gasteiger partial charge in [-0.25, -0.2) is 4.79 Å². The molecule has 1 atom stereocenters. The minimum atomic E-state index is -1.08. The number of pyridine rings is 1. The summed E-state index contributed by atoms with van der Waals surface area (Å²) in [6.07, 6.45) is 1.82. The van der Waals surface area contributed by atoms with Gasteiger partial charge in [0.1, 0.15) is 6.04 Å². The summed E-state index contributed by atoms with van der Waals surface area (Å²) in [4.78, 5) is 22.6. The zero-order valence-electron chi connectivity index (χ0n) is 9.50. The molecule has 6 heteroatoms. The molecule has 0 saturated heterocycles. The van der Waals surface area contributed by atoms with Crippen molar-refractivity contribution < 1.29 is 19.7 Å². The van der Waals surface area contributed by atoms with Gasteiger partial charge in [0.15, 0.2) is 5.75 Å². The fourth-order valence-corrected chi connectivity index (χ4v) is 1.27. The third-order valence-corrected chi connectivity index (χ3v) is 2.27. The number of carboxylic acids is 1. The first-order chi connectivity index (χ1) is 8.07. The predicted molar refractivity (Wildman–Crippen MR) is 60.2 cm³/mol. The minimum Gasteiger partial charge on any atom is -0.488 e. The largest absolute Gasteiger partial charge is 0.488 e. The van der Waals surface area contributed by atoms with Crippen LogP contribution in [-0.4, -0.2) is 34.0 Å². The Morgan fingerprint density at radius 1 is 1.59 bits per heavy atom. The van der Waals surface area contributed by atoms with E-state index in [0.717, 1.165) is 4.57 Å². The smallest absolute Gasteiger partial charge is 0.326 e. The Kier molecular flexibility index (Phi) is 4.71. The Morgan fingerprint density at radius 3 is 2.88 bits per heavy atom. The molecule has 1 unspecified atom stereocenters. The molecule has 0 aliphatic rings. The molecule has 1 heterocycles. The van der Waals surface area contributed by atoms with Crippen LogP contribution in [-0.2, 0) is 4.79 Å². The average molecular weight is 241 g/mol. The van der Waals surface area contributed by atoms with E-state index in [9.17, 15) is 9.59 Å². The number of aliphatic hydroxyl groups excluding tert-OH is 1. The summed E-state index contributed by atoms with van der Waals surface area (Å²) in [6.45, 7) is 1.62. The van der Waals surface area contributed by atoms with E-state index in [1.165, 1.54) is 19.2 Å². The number of carbonyl (C=O) groups is 1. The summed E-state index contributed by atoms with van der Waals surface area (Å²) in [7, 11) is 0. The topological polar surface area (TPSA) is 88.8 Å². The first-order valence-electron chi connectivity index (χ1n) is 5.25. The van der Waals surface area contributed by atoms with Crippen LogP contribution in [0.15, 0.2) is 23.1 Å². The number of carboxylic acid groups (broad SMARTS) is 1. The number of hydrogen-bond donors (Lipinski definition) is 2. The number of ether oxygens (including phenoxy) is 1. The summed E-state index contributed by atoms with van der Waals surface area (Å²) >= 11 is 0. The highest BCUT2D eigenvalue weighted by Gasteiger charge is 2.16. The van der Waals surface area contributed by atoms with Crippen molar-refractivity contribution in [3.8, 4) is 5.75 Å². The fourth-order valence-electron chi connectivity index (χ4n) is 1.27. The Hall–Kier alpha value is -1.82. The van der Waals surface area contributed by atoms with Crippen LogP contribution in [0.4, 0.5) is 0 Å². The minimum absolute atomic E-state index is 0.0213. The number of aromatic nitrogens is 1. The molecule has 0 spiro atoms. The van der Waals surface area contributed by atoms with Crippen molar-refractivity contribution >= 4 is 5.97 Å². The zero-order chi connectivity index (χ0) is 12.8. The van der Waals surface area contributed by atoms with Gasteiger partial charge < -0.3 is 14.9 Å². The van der Waals surface area contributed by atoms with Crippen LogP contribution >= 0.6 is 0 Å². The summed E-state index contributed by atoms with van der Waals surface area (Å²) in [5.41, 5.74) is -0.486. The molecule has 0 aliphatic carbocycles. The zero-order valence-corrected chi connectivity index (χ0v) is 9.50. The van der Waals surface area contributed by atoms with Gasteiger partial charge in [0, 0.05) is 19.2 Å². The molecule has 0 aliphatic heterocycles. The second kappa shape index (κ2) is 6.05. The molecule has 17 heavy (non-hydrogen) atoms. The summed E-state index contributed by atoms with van der Waals surface area (Å²) < 4.78 is 6.26. The summed E-state index contributed by atoms with van der Waals surface area (Å²) in [5, 5.41) is 17.4. The van der Waals surface area contributed by atoms with Crippen LogP contribution in [0.25, 0.3) is 0 Å². The SMILES string of the molecule is CC(C(=O)O)n1cccc(OCCCO)c1=O. The number of rotatable bonds is 6. The van der Waals surface area contributed by atoms with E-state index in [-0.39, 0.29) is 19.0 Å². The Morgan fingerprint density at radius 2 is 2.29 bits per heavy atom. The lowest BCUT2D eigenvalue weighted by atomic mass is 10.3. The maximum atomic E-state index is 11.8. The third kappa shape index (κ3) is 3.32. The lowest BCUT2D eigenvalue weighted by Gasteiger charge is -2.12. The molecule has 0 saturated carbocycles. The van der Waals surface area contributed by atoms with Crippen molar-refractivity contribution in [2.75, 3.05) is 13.2 Å². The predicted octanol–water partition coefficient (Wildman–Crippen LogP) is 0.255. The van der Waals surface area contributed by atoms with E-state index < -0.39 is 17.6 Å². The van der Waals surface area contributed by atoms with Crippen molar-refractivity contribution in [1.82, 2.24) is 4.57 Å². The molecule has 1 rings (SSSR count). The molecule has 0 aromatic carbocycles. The first kappa shape index (κ1) is 13.2. The monoisotopic (exact) mass is 241 g/mol. The molecule has 0 radical (unpaired) electrons. The maximum absolute atomic E-state index is 11.8. The van der Waals surface area contributed by atoms with Gasteiger partial charge in [-0.1, -0.05) is 0 Å². The molecule has 1 aromatic rings. The third-order valence-electron chi connectivity index (χ3n) is 2.27. The second-order valence-corrected chi connectivity index (χ2v) is 3.52. The van der Waals surface area contributed by atoms with Gasteiger partial charge >= 0.3 is 5.97 Å². The van der Waals surface area contributed by atoms with Gasteiger partial charge in [-0.15, -0.1) is 0 Å². The van der Waals surface area contributed by atoms with Gasteiger partial charge in [-0.05, 0) is 19.1 Å². The lowest BCUT2D eigenvalue weighted by Crippen LogP contribution is -2.28. The van der Waals surface area contributed by atoms with Crippen LogP contribution in [0.5, 0.6) is 5.75 Å². The quantitative estimate of drug-likeness (QED) is 0.697. The highest BCUT2D eigenvalue weighted by Crippen LogP contribution is 2.07. The van der Waals surface area contributed by atoms with Gasteiger partial charge in [0.25, 0.3) is 5.56 Å². The van der Waals surface area contributed by atoms with E-state index in [4.69, 9.17) is 14.9 Å². The van der Waals surface area contributed by atoms with E-state index >= 15 is 0 Å². The van der Waals surface area contributed by atoms with E-state index in [1.807, 2.05) is 0 Å².